The van der Waals surface area contributed by atoms with Crippen molar-refractivity contribution in [3.63, 3.8) is 0 Å². The Morgan fingerprint density at radius 3 is 2.17 bits per heavy atom. The summed E-state index contributed by atoms with van der Waals surface area (Å²) < 4.78 is 5.77. The van der Waals surface area contributed by atoms with Crippen molar-refractivity contribution in [2.24, 2.45) is 29.6 Å². The van der Waals surface area contributed by atoms with Gasteiger partial charge in [0, 0.05) is 45.2 Å². The predicted molar refractivity (Wildman–Crippen MR) is 92.5 cm³/mol. The summed E-state index contributed by atoms with van der Waals surface area (Å²) in [5, 5.41) is 0. The highest BCUT2D eigenvalue weighted by Gasteiger charge is 2.51. The Labute approximate surface area is 145 Å². The summed E-state index contributed by atoms with van der Waals surface area (Å²) in [5.74, 6) is 4.25. The zero-order valence-corrected chi connectivity index (χ0v) is 14.9. The van der Waals surface area contributed by atoms with E-state index in [-0.39, 0.29) is 0 Å². The van der Waals surface area contributed by atoms with Crippen LogP contribution in [0.1, 0.15) is 44.9 Å². The van der Waals surface area contributed by atoms with Crippen LogP contribution in [0.2, 0.25) is 0 Å². The van der Waals surface area contributed by atoms with Gasteiger partial charge in [-0.1, -0.05) is 0 Å². The standard InChI is InChI=1S/C20H32N2O2/c23-20(19-16-9-14-8-15(11-16)12-17(19)10-14)22-5-3-21(4-6-22)13-18-2-1-7-24-18/h14-19H,1-13H2. The van der Waals surface area contributed by atoms with Crippen molar-refractivity contribution in [1.29, 1.82) is 0 Å². The van der Waals surface area contributed by atoms with Crippen molar-refractivity contribution in [3.8, 4) is 0 Å². The highest BCUT2D eigenvalue weighted by Crippen LogP contribution is 2.56. The lowest BCUT2D eigenvalue weighted by atomic mass is 9.51. The SMILES string of the molecule is O=C(C1C2CC3CC(C2)CC1C3)N1CCN(CC2CCCO2)CC1. The molecule has 0 aromatic carbocycles. The topological polar surface area (TPSA) is 32.8 Å². The van der Waals surface area contributed by atoms with Crippen LogP contribution in [0.15, 0.2) is 0 Å². The van der Waals surface area contributed by atoms with E-state index in [0.717, 1.165) is 63.0 Å². The van der Waals surface area contributed by atoms with E-state index < -0.39 is 0 Å². The third kappa shape index (κ3) is 2.80. The molecule has 2 saturated heterocycles. The van der Waals surface area contributed by atoms with Crippen LogP contribution < -0.4 is 0 Å². The Morgan fingerprint density at radius 2 is 1.58 bits per heavy atom. The first-order valence-corrected chi connectivity index (χ1v) is 10.4. The van der Waals surface area contributed by atoms with E-state index in [4.69, 9.17) is 4.74 Å². The van der Waals surface area contributed by atoms with Gasteiger partial charge in [0.05, 0.1) is 6.10 Å². The second-order valence-electron chi connectivity index (χ2n) is 9.22. The van der Waals surface area contributed by atoms with Gasteiger partial charge in [0.2, 0.25) is 5.91 Å². The number of hydrogen-bond acceptors (Lipinski definition) is 3. The van der Waals surface area contributed by atoms with Crippen LogP contribution in [0.4, 0.5) is 0 Å². The van der Waals surface area contributed by atoms with E-state index in [1.54, 1.807) is 0 Å². The van der Waals surface area contributed by atoms with Gasteiger partial charge in [-0.05, 0) is 68.6 Å². The van der Waals surface area contributed by atoms with Crippen LogP contribution in [0.5, 0.6) is 0 Å². The van der Waals surface area contributed by atoms with Gasteiger partial charge in [-0.15, -0.1) is 0 Å². The fourth-order valence-corrected chi connectivity index (χ4v) is 6.77. The molecular formula is C20H32N2O2. The van der Waals surface area contributed by atoms with Crippen LogP contribution in [-0.2, 0) is 9.53 Å². The molecule has 134 valence electrons. The molecule has 4 heteroatoms. The smallest absolute Gasteiger partial charge is 0.226 e. The summed E-state index contributed by atoms with van der Waals surface area (Å²) in [5.41, 5.74) is 0. The lowest BCUT2D eigenvalue weighted by Gasteiger charge is -2.54. The summed E-state index contributed by atoms with van der Waals surface area (Å²) in [7, 11) is 0. The molecule has 6 fully saturated rings. The number of ether oxygens (including phenoxy) is 1. The average Bonchev–Trinajstić information content (AvgIpc) is 3.07. The monoisotopic (exact) mass is 332 g/mol. The van der Waals surface area contributed by atoms with Gasteiger partial charge in [-0.25, -0.2) is 0 Å². The molecule has 2 heterocycles. The van der Waals surface area contributed by atoms with Crippen molar-refractivity contribution in [2.75, 3.05) is 39.3 Å². The molecule has 0 aromatic rings. The van der Waals surface area contributed by atoms with Crippen molar-refractivity contribution >= 4 is 5.91 Å². The lowest BCUT2D eigenvalue weighted by molar-refractivity contribution is -0.151. The molecule has 4 aliphatic carbocycles. The first-order valence-electron chi connectivity index (χ1n) is 10.4. The van der Waals surface area contributed by atoms with Gasteiger partial charge in [0.25, 0.3) is 0 Å². The molecule has 0 radical (unpaired) electrons. The number of nitrogens with zero attached hydrogens (tertiary/aromatic N) is 2. The van der Waals surface area contributed by atoms with E-state index in [1.807, 2.05) is 0 Å². The Morgan fingerprint density at radius 1 is 0.917 bits per heavy atom. The van der Waals surface area contributed by atoms with Crippen molar-refractivity contribution < 1.29 is 9.53 Å². The summed E-state index contributed by atoms with van der Waals surface area (Å²) in [6, 6.07) is 0. The Balaban J connectivity index is 1.17. The van der Waals surface area contributed by atoms with E-state index >= 15 is 0 Å². The van der Waals surface area contributed by atoms with Crippen LogP contribution in [0.3, 0.4) is 0 Å². The van der Waals surface area contributed by atoms with E-state index in [2.05, 4.69) is 9.80 Å². The average molecular weight is 332 g/mol. The van der Waals surface area contributed by atoms with E-state index in [1.165, 1.54) is 44.9 Å². The Bertz CT molecular complexity index is 452. The van der Waals surface area contributed by atoms with Crippen LogP contribution in [-0.4, -0.2) is 61.1 Å². The normalized spacial score (nSPS) is 45.1. The van der Waals surface area contributed by atoms with Crippen LogP contribution >= 0.6 is 0 Å². The lowest BCUT2D eigenvalue weighted by Crippen LogP contribution is -2.56. The van der Waals surface area contributed by atoms with Gasteiger partial charge >= 0.3 is 0 Å². The molecular weight excluding hydrogens is 300 g/mol. The maximum Gasteiger partial charge on any atom is 0.226 e. The first-order chi connectivity index (χ1) is 11.8. The second kappa shape index (κ2) is 6.28. The van der Waals surface area contributed by atoms with Crippen LogP contribution in [0.25, 0.3) is 0 Å². The Kier molecular flexibility index (Phi) is 4.09. The molecule has 1 amide bonds. The quantitative estimate of drug-likeness (QED) is 0.795. The second-order valence-corrected chi connectivity index (χ2v) is 9.22. The number of carbonyl (C=O) groups is 1. The largest absolute Gasteiger partial charge is 0.377 e. The maximum absolute atomic E-state index is 13.2. The van der Waals surface area contributed by atoms with E-state index in [0.29, 0.717) is 17.9 Å². The third-order valence-electron chi connectivity index (χ3n) is 7.68. The summed E-state index contributed by atoms with van der Waals surface area (Å²) in [6.45, 7) is 5.97. The van der Waals surface area contributed by atoms with Crippen molar-refractivity contribution in [3.05, 3.63) is 0 Å². The molecule has 4 nitrogen and oxygen atoms in total. The molecule has 6 rings (SSSR count). The van der Waals surface area contributed by atoms with Gasteiger partial charge < -0.3 is 9.64 Å². The molecule has 24 heavy (non-hydrogen) atoms. The molecule has 1 atom stereocenters. The Hall–Kier alpha value is -0.610. The molecule has 2 aliphatic heterocycles. The molecule has 0 aromatic heterocycles. The summed E-state index contributed by atoms with van der Waals surface area (Å²) >= 11 is 0. The third-order valence-corrected chi connectivity index (χ3v) is 7.68. The van der Waals surface area contributed by atoms with E-state index in [9.17, 15) is 4.79 Å². The van der Waals surface area contributed by atoms with Crippen molar-refractivity contribution in [1.82, 2.24) is 9.80 Å². The summed E-state index contributed by atoms with van der Waals surface area (Å²) in [6.07, 6.45) is 9.74. The molecule has 0 N–H and O–H groups in total. The minimum absolute atomic E-state index is 0.377. The number of amides is 1. The van der Waals surface area contributed by atoms with Gasteiger partial charge in [0.15, 0.2) is 0 Å². The number of rotatable bonds is 3. The van der Waals surface area contributed by atoms with Crippen molar-refractivity contribution in [2.45, 2.75) is 51.0 Å². The molecule has 1 unspecified atom stereocenters. The minimum Gasteiger partial charge on any atom is -0.377 e. The highest BCUT2D eigenvalue weighted by molar-refractivity contribution is 5.80. The maximum atomic E-state index is 13.2. The molecule has 6 aliphatic rings. The first kappa shape index (κ1) is 15.6. The number of piperazine rings is 1. The highest BCUT2D eigenvalue weighted by atomic mass is 16.5. The van der Waals surface area contributed by atoms with Gasteiger partial charge in [-0.3, -0.25) is 9.69 Å². The van der Waals surface area contributed by atoms with Gasteiger partial charge in [0.1, 0.15) is 0 Å². The zero-order chi connectivity index (χ0) is 16.1. The predicted octanol–water partition coefficient (Wildman–Crippen LogP) is 2.38. The minimum atomic E-state index is 0.377. The molecule has 4 bridgehead atoms. The zero-order valence-electron chi connectivity index (χ0n) is 14.9. The molecule has 0 spiro atoms. The summed E-state index contributed by atoms with van der Waals surface area (Å²) in [4.78, 5) is 17.9. The fraction of sp³-hybridized carbons (Fsp3) is 0.950. The molecule has 4 saturated carbocycles. The fourth-order valence-electron chi connectivity index (χ4n) is 6.77. The van der Waals surface area contributed by atoms with Gasteiger partial charge in [-0.2, -0.15) is 0 Å². The van der Waals surface area contributed by atoms with Crippen LogP contribution in [0, 0.1) is 29.6 Å². The number of carbonyl (C=O) groups excluding carboxylic acids is 1. The number of hydrogen-bond donors (Lipinski definition) is 0.